The molecule has 16 aromatic carbocycles. The second kappa shape index (κ2) is 39.5. The van der Waals surface area contributed by atoms with Crippen molar-refractivity contribution >= 4 is 17.1 Å². The standard InChI is InChI=1S/C142H145NO.CH4/c1-13-17-21-25-29-40-78-141(79-41-30-26-22-18-14-2)121-48-38-36-46-109(121)119-74-60-104(90-131(119)141)100-56-70-115-111-66-52-96(82-123(111)137(5,6)127(115)86-100)98-54-68-113-117-72-58-102(88-129(117)139(9,10)125(113)84-98)106-62-76-133-135(92-106)144-136-93-107(63-77-134(136)143(133)108-64-50-95(51-65-108)94-44-34-33-35-45-94)103-59-73-118-114-69-55-99(85-126(114)140(11,12)130(118)89-103)97-53-67-112-116-71-57-101(87-128(116)138(7,8)124(112)83-97)105-61-75-120-110-47-37-39-49-122(110)142(132(120)91-105,80-42-31-27-23-19-15-3)81-43-32-28-24-20-16-4;/h33-39,44-77,82-93H,13-32,40-43,78-81H2,1-12H3;1H4. The minimum atomic E-state index is -0.265. The lowest BCUT2D eigenvalue weighted by molar-refractivity contribution is 0.398. The van der Waals surface area contributed by atoms with Gasteiger partial charge < -0.3 is 9.64 Å². The molecule has 0 saturated carbocycles. The predicted molar refractivity (Wildman–Crippen MR) is 621 cm³/mol. The Morgan fingerprint density at radius 1 is 0.179 bits per heavy atom. The van der Waals surface area contributed by atoms with Crippen molar-refractivity contribution < 1.29 is 4.74 Å². The SMILES string of the molecule is C.CCCCCCCCC1(CCCCCCCC)c2ccccc2-c2ccc(-c3ccc4c(c3)C(C)(C)c3cc(-c5ccc6c(c5)C(C)(C)c5cc(-c7ccc8c(c7)Oc7cc(-c9ccc%10c(c9)C(C)(C)c9cc(-c%11ccc%12c(c%11)C(C)(C)c%11cc(-c%13ccc%14c(c%13)C(CCCCCCCC)(CCCCCCCC)c%13ccccc%13-%14)ccc%11-%12)ccc9-%10)ccc7N8c7ccc(-c8ccccc8)cc7)ccc5-6)ccc3-4)cc21. The second-order valence-electron chi connectivity index (χ2n) is 46.1. The van der Waals surface area contributed by atoms with Gasteiger partial charge in [0.2, 0.25) is 0 Å². The van der Waals surface area contributed by atoms with E-state index in [-0.39, 0.29) is 39.9 Å². The van der Waals surface area contributed by atoms with Gasteiger partial charge in [0.1, 0.15) is 0 Å². The van der Waals surface area contributed by atoms with Crippen LogP contribution in [-0.4, -0.2) is 0 Å². The highest BCUT2D eigenvalue weighted by molar-refractivity contribution is 5.96. The Balaban J connectivity index is 0.0000120. The Morgan fingerprint density at radius 2 is 0.379 bits per heavy atom. The van der Waals surface area contributed by atoms with Gasteiger partial charge in [-0.3, -0.25) is 0 Å². The first-order chi connectivity index (χ1) is 70.2. The van der Waals surface area contributed by atoms with E-state index in [1.807, 2.05) is 0 Å². The molecule has 1 aliphatic heterocycles. The number of hydrogen-bond acceptors (Lipinski definition) is 2. The molecule has 0 spiro atoms. The van der Waals surface area contributed by atoms with Gasteiger partial charge >= 0.3 is 0 Å². The Kier molecular flexibility index (Phi) is 26.4. The lowest BCUT2D eigenvalue weighted by atomic mass is 9.70. The van der Waals surface area contributed by atoms with E-state index in [0.717, 1.165) is 39.7 Å². The summed E-state index contributed by atoms with van der Waals surface area (Å²) in [5.41, 5.74) is 53.5. The molecule has 0 radical (unpaired) electrons. The summed E-state index contributed by atoms with van der Waals surface area (Å²) in [6.07, 6.45) is 36.6. The Bertz CT molecular complexity index is 7160. The second-order valence-corrected chi connectivity index (χ2v) is 46.1. The number of hydrogen-bond donors (Lipinski definition) is 0. The highest BCUT2D eigenvalue weighted by Crippen LogP contribution is 2.63. The summed E-state index contributed by atoms with van der Waals surface area (Å²) in [5, 5.41) is 0. The molecule has 0 fully saturated rings. The van der Waals surface area contributed by atoms with Crippen molar-refractivity contribution in [3.63, 3.8) is 0 Å². The molecule has 2 heteroatoms. The molecule has 0 saturated heterocycles. The number of anilines is 3. The number of unbranched alkanes of at least 4 members (excludes halogenated alkanes) is 20. The minimum absolute atomic E-state index is 0. The first-order valence-electron chi connectivity index (χ1n) is 55.8. The van der Waals surface area contributed by atoms with Crippen LogP contribution in [0, 0.1) is 0 Å². The quantitative estimate of drug-likeness (QED) is 0.0363. The average Bonchev–Trinajstić information content (AvgIpc) is 1.53. The topological polar surface area (TPSA) is 12.5 Å². The van der Waals surface area contributed by atoms with E-state index in [0.29, 0.717) is 0 Å². The summed E-state index contributed by atoms with van der Waals surface area (Å²) >= 11 is 0. The smallest absolute Gasteiger partial charge is 0.152 e. The molecule has 7 aliphatic rings. The van der Waals surface area contributed by atoms with Crippen LogP contribution in [0.25, 0.3) is 145 Å². The third kappa shape index (κ3) is 17.0. The van der Waals surface area contributed by atoms with Crippen molar-refractivity contribution in [3.8, 4) is 156 Å². The van der Waals surface area contributed by atoms with Crippen molar-refractivity contribution in [2.45, 2.75) is 303 Å². The molecule has 1 heterocycles. The summed E-state index contributed by atoms with van der Waals surface area (Å²) in [6, 6.07) is 126. The highest BCUT2D eigenvalue weighted by Gasteiger charge is 2.47. The fourth-order valence-corrected chi connectivity index (χ4v) is 27.7. The van der Waals surface area contributed by atoms with Gasteiger partial charge in [-0.2, -0.15) is 0 Å². The number of ether oxygens (including phenoxy) is 1. The maximum atomic E-state index is 7.39. The fourth-order valence-electron chi connectivity index (χ4n) is 27.7. The molecule has 145 heavy (non-hydrogen) atoms. The fraction of sp³-hybridized carbons (Fsp3) is 0.329. The lowest BCUT2D eigenvalue weighted by Gasteiger charge is -2.33. The molecule has 0 atom stereocenters. The van der Waals surface area contributed by atoms with Crippen LogP contribution in [0.15, 0.2) is 322 Å². The van der Waals surface area contributed by atoms with E-state index < -0.39 is 0 Å². The zero-order valence-corrected chi connectivity index (χ0v) is 87.8. The number of nitrogens with zero attached hydrogens (tertiary/aromatic N) is 1. The molecule has 732 valence electrons. The molecule has 0 N–H and O–H groups in total. The van der Waals surface area contributed by atoms with Crippen molar-refractivity contribution in [2.24, 2.45) is 0 Å². The van der Waals surface area contributed by atoms with Crippen LogP contribution < -0.4 is 9.64 Å². The zero-order chi connectivity index (χ0) is 98.4. The minimum Gasteiger partial charge on any atom is -0.453 e. The summed E-state index contributed by atoms with van der Waals surface area (Å²) in [4.78, 5) is 2.40. The van der Waals surface area contributed by atoms with Gasteiger partial charge in [-0.15, -0.1) is 0 Å². The van der Waals surface area contributed by atoms with Gasteiger partial charge in [0.15, 0.2) is 11.5 Å². The van der Waals surface area contributed by atoms with E-state index >= 15 is 0 Å². The maximum absolute atomic E-state index is 7.39. The van der Waals surface area contributed by atoms with Gasteiger partial charge in [0, 0.05) is 38.2 Å². The molecule has 6 aliphatic carbocycles. The van der Waals surface area contributed by atoms with Crippen molar-refractivity contribution in [1.29, 1.82) is 0 Å². The van der Waals surface area contributed by atoms with Gasteiger partial charge in [-0.25, -0.2) is 0 Å². The molecule has 16 aromatic rings. The highest BCUT2D eigenvalue weighted by atomic mass is 16.5. The first-order valence-corrected chi connectivity index (χ1v) is 55.8. The molecule has 23 rings (SSSR count). The Morgan fingerprint density at radius 3 is 0.648 bits per heavy atom. The molecule has 0 unspecified atom stereocenters. The van der Waals surface area contributed by atoms with Crippen LogP contribution in [0.4, 0.5) is 17.1 Å². The van der Waals surface area contributed by atoms with E-state index in [1.54, 1.807) is 22.3 Å². The van der Waals surface area contributed by atoms with E-state index in [2.05, 4.69) is 410 Å². The monoisotopic (exact) mass is 1900 g/mol. The van der Waals surface area contributed by atoms with E-state index in [1.165, 1.54) is 358 Å². The van der Waals surface area contributed by atoms with Crippen molar-refractivity contribution in [3.05, 3.63) is 388 Å². The lowest BCUT2D eigenvalue weighted by Crippen LogP contribution is -2.25. The molecule has 0 aromatic heterocycles. The predicted octanol–water partition coefficient (Wildman–Crippen LogP) is 42.3. The van der Waals surface area contributed by atoms with Crippen LogP contribution in [0.2, 0.25) is 0 Å². The van der Waals surface area contributed by atoms with Crippen LogP contribution in [-0.2, 0) is 32.5 Å². The molecule has 2 nitrogen and oxygen atoms in total. The van der Waals surface area contributed by atoms with Crippen molar-refractivity contribution in [1.82, 2.24) is 0 Å². The maximum Gasteiger partial charge on any atom is 0.152 e. The molecule has 0 bridgehead atoms. The first kappa shape index (κ1) is 96.9. The normalized spacial score (nSPS) is 15.2. The van der Waals surface area contributed by atoms with Gasteiger partial charge in [0.25, 0.3) is 0 Å². The Labute approximate surface area is 867 Å². The van der Waals surface area contributed by atoms with Crippen LogP contribution in [0.5, 0.6) is 11.5 Å². The largest absolute Gasteiger partial charge is 0.453 e. The van der Waals surface area contributed by atoms with Crippen molar-refractivity contribution in [2.75, 3.05) is 4.90 Å². The average molecular weight is 1900 g/mol. The van der Waals surface area contributed by atoms with E-state index in [9.17, 15) is 0 Å². The molecular formula is C143H149NO. The van der Waals surface area contributed by atoms with Gasteiger partial charge in [-0.1, -0.05) is 469 Å². The third-order valence-electron chi connectivity index (χ3n) is 35.9. The summed E-state index contributed by atoms with van der Waals surface area (Å²) in [7, 11) is 0. The third-order valence-corrected chi connectivity index (χ3v) is 35.9. The molecule has 0 amide bonds. The number of benzene rings is 16. The van der Waals surface area contributed by atoms with Crippen LogP contribution in [0.3, 0.4) is 0 Å². The van der Waals surface area contributed by atoms with Gasteiger partial charge in [-0.05, 0) is 334 Å². The van der Waals surface area contributed by atoms with Gasteiger partial charge in [0.05, 0.1) is 11.4 Å². The Hall–Kier alpha value is -12.9. The summed E-state index contributed by atoms with van der Waals surface area (Å²) < 4.78 is 7.39. The molecular weight excluding hydrogens is 1750 g/mol. The number of fused-ring (bicyclic) bond motifs is 20. The summed E-state index contributed by atoms with van der Waals surface area (Å²) in [5.74, 6) is 1.65. The van der Waals surface area contributed by atoms with E-state index in [4.69, 9.17) is 4.74 Å². The van der Waals surface area contributed by atoms with Crippen LogP contribution >= 0.6 is 0 Å². The van der Waals surface area contributed by atoms with Crippen LogP contribution in [0.1, 0.15) is 337 Å². The number of rotatable bonds is 36. The zero-order valence-electron chi connectivity index (χ0n) is 87.8. The summed E-state index contributed by atoms with van der Waals surface area (Å²) in [6.45, 7) is 28.9.